The third kappa shape index (κ3) is 3.13. The number of benzene rings is 1. The molecule has 0 radical (unpaired) electrons. The van der Waals surface area contributed by atoms with Crippen molar-refractivity contribution >= 4 is 33.2 Å². The molecule has 0 bridgehead atoms. The summed E-state index contributed by atoms with van der Waals surface area (Å²) in [5, 5.41) is 3.38. The maximum Gasteiger partial charge on any atom is 0.240 e. The Balaban J connectivity index is 1.74. The fourth-order valence-corrected chi connectivity index (χ4v) is 5.44. The van der Waals surface area contributed by atoms with Crippen molar-refractivity contribution < 1.29 is 13.2 Å². The molecule has 2 aromatic rings. The molecule has 1 aromatic carbocycles. The highest BCUT2D eigenvalue weighted by Gasteiger charge is 2.44. The van der Waals surface area contributed by atoms with E-state index in [0.29, 0.717) is 16.3 Å². The molecule has 1 aromatic heterocycles. The Bertz CT molecular complexity index is 1040. The van der Waals surface area contributed by atoms with Gasteiger partial charge in [-0.3, -0.25) is 9.78 Å². The maximum absolute atomic E-state index is 13.2. The van der Waals surface area contributed by atoms with E-state index in [9.17, 15) is 13.2 Å². The topological polar surface area (TPSA) is 88.2 Å². The molecule has 4 rings (SSSR count). The zero-order chi connectivity index (χ0) is 19.2. The second-order valence-electron chi connectivity index (χ2n) is 7.28. The van der Waals surface area contributed by atoms with Crippen molar-refractivity contribution in [2.24, 2.45) is 0 Å². The SMILES string of the molecule is CC1(C(=O)Nc2cncc3c2CCCC3)CNS(=O)(=O)c2ccc(Cl)cc21. The number of pyridine rings is 1. The van der Waals surface area contributed by atoms with E-state index in [1.165, 1.54) is 12.1 Å². The molecule has 142 valence electrons. The molecule has 8 heteroatoms. The van der Waals surface area contributed by atoms with Gasteiger partial charge in [0.2, 0.25) is 15.9 Å². The van der Waals surface area contributed by atoms with Gasteiger partial charge in [-0.05, 0) is 67.5 Å². The molecule has 1 amide bonds. The van der Waals surface area contributed by atoms with Gasteiger partial charge in [0.1, 0.15) is 0 Å². The number of carbonyl (C=O) groups excluding carboxylic acids is 1. The summed E-state index contributed by atoms with van der Waals surface area (Å²) in [6, 6.07) is 4.52. The smallest absolute Gasteiger partial charge is 0.240 e. The van der Waals surface area contributed by atoms with Crippen LogP contribution in [0.3, 0.4) is 0 Å². The first-order chi connectivity index (χ1) is 12.8. The van der Waals surface area contributed by atoms with E-state index in [1.54, 1.807) is 19.2 Å². The summed E-state index contributed by atoms with van der Waals surface area (Å²) in [5.41, 5.74) is 2.32. The number of aryl methyl sites for hydroxylation is 1. The number of halogens is 1. The predicted octanol–water partition coefficient (Wildman–Crippen LogP) is 2.80. The van der Waals surface area contributed by atoms with Crippen LogP contribution in [0, 0.1) is 0 Å². The molecular formula is C19H20ClN3O3S. The largest absolute Gasteiger partial charge is 0.324 e. The van der Waals surface area contributed by atoms with Crippen LogP contribution < -0.4 is 10.0 Å². The van der Waals surface area contributed by atoms with Gasteiger partial charge in [-0.15, -0.1) is 0 Å². The monoisotopic (exact) mass is 405 g/mol. The highest BCUT2D eigenvalue weighted by Crippen LogP contribution is 2.37. The molecule has 2 aliphatic rings. The predicted molar refractivity (Wildman–Crippen MR) is 104 cm³/mol. The lowest BCUT2D eigenvalue weighted by Crippen LogP contribution is -2.51. The Morgan fingerprint density at radius 2 is 2.04 bits per heavy atom. The van der Waals surface area contributed by atoms with Crippen LogP contribution >= 0.6 is 11.6 Å². The summed E-state index contributed by atoms with van der Waals surface area (Å²) in [5.74, 6) is -0.283. The minimum atomic E-state index is -3.65. The van der Waals surface area contributed by atoms with Crippen molar-refractivity contribution in [3.8, 4) is 0 Å². The van der Waals surface area contributed by atoms with Crippen LogP contribution in [0.2, 0.25) is 5.02 Å². The van der Waals surface area contributed by atoms with E-state index in [2.05, 4.69) is 15.0 Å². The highest BCUT2D eigenvalue weighted by molar-refractivity contribution is 7.89. The Morgan fingerprint density at radius 3 is 2.85 bits per heavy atom. The van der Waals surface area contributed by atoms with Crippen molar-refractivity contribution in [1.29, 1.82) is 0 Å². The number of nitrogens with one attached hydrogen (secondary N) is 2. The van der Waals surface area contributed by atoms with Gasteiger partial charge in [-0.2, -0.15) is 0 Å². The number of nitrogens with zero attached hydrogens (tertiary/aromatic N) is 1. The molecule has 2 N–H and O–H groups in total. The average Bonchev–Trinajstić information content (AvgIpc) is 2.65. The quantitative estimate of drug-likeness (QED) is 0.804. The van der Waals surface area contributed by atoms with Crippen LogP contribution in [0.5, 0.6) is 0 Å². The molecule has 1 aliphatic heterocycles. The van der Waals surface area contributed by atoms with Gasteiger partial charge < -0.3 is 5.32 Å². The van der Waals surface area contributed by atoms with Crippen LogP contribution in [0.1, 0.15) is 36.5 Å². The zero-order valence-electron chi connectivity index (χ0n) is 14.9. The van der Waals surface area contributed by atoms with Gasteiger partial charge in [0, 0.05) is 17.8 Å². The van der Waals surface area contributed by atoms with Crippen molar-refractivity contribution in [3.63, 3.8) is 0 Å². The van der Waals surface area contributed by atoms with E-state index >= 15 is 0 Å². The third-order valence-electron chi connectivity index (χ3n) is 5.46. The van der Waals surface area contributed by atoms with Gasteiger partial charge in [-0.1, -0.05) is 11.6 Å². The molecule has 0 spiro atoms. The molecule has 0 fully saturated rings. The Labute approximate surface area is 163 Å². The fraction of sp³-hybridized carbons (Fsp3) is 0.368. The van der Waals surface area contributed by atoms with Gasteiger partial charge >= 0.3 is 0 Å². The number of amides is 1. The molecular weight excluding hydrogens is 386 g/mol. The maximum atomic E-state index is 13.2. The van der Waals surface area contributed by atoms with Gasteiger partial charge in [0.05, 0.1) is 22.2 Å². The molecule has 0 saturated carbocycles. The number of sulfonamides is 1. The molecule has 2 heterocycles. The summed E-state index contributed by atoms with van der Waals surface area (Å²) < 4.78 is 27.2. The van der Waals surface area contributed by atoms with E-state index in [-0.39, 0.29) is 17.3 Å². The van der Waals surface area contributed by atoms with Crippen LogP contribution in [0.25, 0.3) is 0 Å². The minimum Gasteiger partial charge on any atom is -0.324 e. The minimum absolute atomic E-state index is 0.0308. The standard InChI is InChI=1S/C19H20ClN3O3S/c1-19(11-22-27(25,26)17-7-6-13(20)8-15(17)19)18(24)23-16-10-21-9-12-4-2-3-5-14(12)16/h6-10,22H,2-5,11H2,1H3,(H,23,24). The Kier molecular flexibility index (Phi) is 4.49. The van der Waals surface area contributed by atoms with Crippen molar-refractivity contribution in [2.45, 2.75) is 42.9 Å². The van der Waals surface area contributed by atoms with E-state index in [0.717, 1.165) is 36.8 Å². The molecule has 27 heavy (non-hydrogen) atoms. The normalized spacial score (nSPS) is 23.2. The number of carbonyl (C=O) groups is 1. The summed E-state index contributed by atoms with van der Waals surface area (Å²) in [7, 11) is -3.65. The summed E-state index contributed by atoms with van der Waals surface area (Å²) in [6.07, 6.45) is 7.58. The summed E-state index contributed by atoms with van der Waals surface area (Å²) >= 11 is 6.10. The van der Waals surface area contributed by atoms with Crippen molar-refractivity contribution in [2.75, 3.05) is 11.9 Å². The third-order valence-corrected chi connectivity index (χ3v) is 7.15. The van der Waals surface area contributed by atoms with E-state index in [4.69, 9.17) is 11.6 Å². The number of anilines is 1. The Hall–Kier alpha value is -1.96. The fourth-order valence-electron chi connectivity index (χ4n) is 3.81. The van der Waals surface area contributed by atoms with Crippen molar-refractivity contribution in [1.82, 2.24) is 9.71 Å². The van der Waals surface area contributed by atoms with Crippen LogP contribution in [-0.4, -0.2) is 25.9 Å². The molecule has 0 saturated heterocycles. The first-order valence-corrected chi connectivity index (χ1v) is 10.7. The first kappa shape index (κ1) is 18.4. The second kappa shape index (κ2) is 6.58. The van der Waals surface area contributed by atoms with Gasteiger partial charge in [0.25, 0.3) is 0 Å². The van der Waals surface area contributed by atoms with Gasteiger partial charge in [0.15, 0.2) is 0 Å². The van der Waals surface area contributed by atoms with E-state index < -0.39 is 15.4 Å². The lowest BCUT2D eigenvalue weighted by Gasteiger charge is -2.35. The lowest BCUT2D eigenvalue weighted by atomic mass is 9.81. The molecule has 1 atom stereocenters. The lowest BCUT2D eigenvalue weighted by molar-refractivity contribution is -0.121. The average molecular weight is 406 g/mol. The van der Waals surface area contributed by atoms with Crippen LogP contribution in [0.4, 0.5) is 5.69 Å². The molecule has 1 aliphatic carbocycles. The van der Waals surface area contributed by atoms with E-state index in [1.807, 2.05) is 6.20 Å². The number of hydrogen-bond acceptors (Lipinski definition) is 4. The van der Waals surface area contributed by atoms with Crippen LogP contribution in [-0.2, 0) is 33.1 Å². The highest BCUT2D eigenvalue weighted by atomic mass is 35.5. The zero-order valence-corrected chi connectivity index (χ0v) is 16.5. The Morgan fingerprint density at radius 1 is 1.26 bits per heavy atom. The number of hydrogen-bond donors (Lipinski definition) is 2. The molecule has 6 nitrogen and oxygen atoms in total. The van der Waals surface area contributed by atoms with Crippen molar-refractivity contribution in [3.05, 3.63) is 52.3 Å². The first-order valence-electron chi connectivity index (χ1n) is 8.88. The number of aromatic nitrogens is 1. The summed E-state index contributed by atoms with van der Waals surface area (Å²) in [6.45, 7) is 1.69. The molecule has 1 unspecified atom stereocenters. The number of rotatable bonds is 2. The summed E-state index contributed by atoms with van der Waals surface area (Å²) in [4.78, 5) is 17.6. The second-order valence-corrected chi connectivity index (χ2v) is 9.45. The van der Waals surface area contributed by atoms with Crippen LogP contribution in [0.15, 0.2) is 35.5 Å². The van der Waals surface area contributed by atoms with Gasteiger partial charge in [-0.25, -0.2) is 13.1 Å². The number of fused-ring (bicyclic) bond motifs is 2.